The van der Waals surface area contributed by atoms with E-state index in [0.29, 0.717) is 42.7 Å². The lowest BCUT2D eigenvalue weighted by molar-refractivity contribution is -0.157. The second kappa shape index (κ2) is 77.3. The minimum atomic E-state index is -1.04. The maximum atomic E-state index is 12.1. The number of pyridine rings is 3. The summed E-state index contributed by atoms with van der Waals surface area (Å²) in [6, 6.07) is 17.1. The lowest BCUT2D eigenvalue weighted by Gasteiger charge is -2.30. The number of aromatic nitrogens is 3. The maximum absolute atomic E-state index is 12.1. The smallest absolute Gasteiger partial charge is 0.408 e. The van der Waals surface area contributed by atoms with Crippen LogP contribution in [0.15, 0.2) is 104 Å². The number of rotatable bonds is 55. The predicted molar refractivity (Wildman–Crippen MR) is 516 cm³/mol. The van der Waals surface area contributed by atoms with Crippen LogP contribution in [0, 0.1) is 64.6 Å². The van der Waals surface area contributed by atoms with Gasteiger partial charge in [0.15, 0.2) is 5.78 Å². The fraction of sp³-hybridized carbons (Fsp3) is 0.588. The normalized spacial score (nSPS) is 11.0. The molecular formula is C102H149N5O36. The van der Waals surface area contributed by atoms with Crippen molar-refractivity contribution in [2.75, 3.05) is 113 Å². The molecule has 0 saturated carbocycles. The van der Waals surface area contributed by atoms with Crippen molar-refractivity contribution >= 4 is 124 Å². The van der Waals surface area contributed by atoms with E-state index in [0.717, 1.165) is 5.56 Å². The van der Waals surface area contributed by atoms with Crippen LogP contribution < -0.4 is 5.32 Å². The first kappa shape index (κ1) is 134. The van der Waals surface area contributed by atoms with Crippen LogP contribution >= 0.6 is 0 Å². The topological polar surface area (TPSA) is 551 Å². The number of esters is 12. The van der Waals surface area contributed by atoms with Crippen LogP contribution in [0.25, 0.3) is 0 Å². The van der Waals surface area contributed by atoms with Gasteiger partial charge in [-0.2, -0.15) is 0 Å². The summed E-state index contributed by atoms with van der Waals surface area (Å²) in [5.74, 6) is -8.41. The van der Waals surface area contributed by atoms with Crippen molar-refractivity contribution in [1.29, 1.82) is 0 Å². The van der Waals surface area contributed by atoms with Gasteiger partial charge < -0.3 is 81.3 Å². The number of nitrogens with one attached hydrogen (secondary N) is 1. The van der Waals surface area contributed by atoms with Crippen molar-refractivity contribution in [3.05, 3.63) is 126 Å². The van der Waals surface area contributed by atoms with Crippen LogP contribution in [0.5, 0.6) is 0 Å². The van der Waals surface area contributed by atoms with Gasteiger partial charge in [0.05, 0.1) is 95.2 Å². The molecule has 4 aromatic rings. The molecule has 0 aliphatic carbocycles. The van der Waals surface area contributed by atoms with Gasteiger partial charge in [0.2, 0.25) is 5.91 Å². The molecule has 0 aliphatic heterocycles. The fourth-order valence-electron chi connectivity index (χ4n) is 10.7. The molecule has 1 aromatic carbocycles. The van der Waals surface area contributed by atoms with Crippen LogP contribution in [-0.4, -0.2) is 269 Å². The molecule has 1 N–H and O–H groups in total. The number of nitrogens with zero attached hydrogens (tertiary/aromatic N) is 4. The monoisotopic (exact) mass is 2020 g/mol. The van der Waals surface area contributed by atoms with Crippen molar-refractivity contribution in [3.8, 4) is 0 Å². The first-order valence-corrected chi connectivity index (χ1v) is 46.4. The third-order valence-electron chi connectivity index (χ3n) is 19.3. The van der Waals surface area contributed by atoms with E-state index in [1.165, 1.54) is 93.1 Å². The van der Waals surface area contributed by atoms with Crippen molar-refractivity contribution < 1.29 is 172 Å². The number of carbonyl (C=O) groups excluding carboxylic acids is 21. The Morgan fingerprint density at radius 1 is 0.364 bits per heavy atom. The highest BCUT2D eigenvalue weighted by molar-refractivity contribution is 5.92. The molecule has 0 aliphatic rings. The highest BCUT2D eigenvalue weighted by Crippen LogP contribution is 2.25. The number of ketones is 7. The molecule has 2 unspecified atom stereocenters. The van der Waals surface area contributed by atoms with Crippen LogP contribution in [0.1, 0.15) is 234 Å². The highest BCUT2D eigenvalue weighted by Gasteiger charge is 2.38. The van der Waals surface area contributed by atoms with E-state index in [1.807, 2.05) is 44.2 Å². The molecule has 0 fully saturated rings. The number of hydrogen-bond donors (Lipinski definition) is 1. The lowest BCUT2D eigenvalue weighted by Crippen LogP contribution is -2.48. The van der Waals surface area contributed by atoms with Gasteiger partial charge in [0, 0.05) is 191 Å². The molecule has 2 amide bonds. The van der Waals surface area contributed by atoms with E-state index in [2.05, 4.69) is 29.7 Å². The van der Waals surface area contributed by atoms with E-state index in [1.54, 1.807) is 145 Å². The SMILES string of the molecule is CC(=O)OCC(C)(COC(C)=O)C(=O)C(C)C.CC(=O)OCC(COC(C)=O)CC(=O)C(C)C.CC(=O)OCC(COC(C)=O)N(CC(=O)C(C)C)C(C)=O.CC(=O)OCCCC(=O)C(C)C.CC(C)C(=O)CC(COC(=O)c1cccnc1)COC(=O)c1cccnc1.COC(=O)C(CC(=O)C(C)C)NC(=O)OCc1ccccc1.COCCOCC(=O)OCC(COC(=O)c1cccnc1)CC(=O)C(C)C. The minimum Gasteiger partial charge on any atom is -0.467 e. The largest absolute Gasteiger partial charge is 0.467 e. The number of ether oxygens (including phenoxy) is 15. The summed E-state index contributed by atoms with van der Waals surface area (Å²) in [6.07, 6.45) is 9.66. The Labute approximate surface area is 837 Å². The number of alkyl carbamates (subject to hydrolysis) is 1. The summed E-state index contributed by atoms with van der Waals surface area (Å²) in [5, 5.41) is 2.37. The molecule has 0 saturated heterocycles. The summed E-state index contributed by atoms with van der Waals surface area (Å²) in [4.78, 5) is 253. The van der Waals surface area contributed by atoms with Crippen LogP contribution in [0.3, 0.4) is 0 Å². The number of benzene rings is 1. The van der Waals surface area contributed by atoms with Gasteiger partial charge in [0.1, 0.15) is 86.4 Å². The van der Waals surface area contributed by atoms with Crippen LogP contribution in [0.2, 0.25) is 0 Å². The Bertz CT molecular complexity index is 4450. The standard InChI is InChI=1S/C20H22N2O5.C19H27NO7.C16H21NO5.C14H23NO6.2C12H20O5.C9H16O3/c1-14(2)18(23)9-15(12-26-19(24)16-5-3-7-21-10-16)13-27-20(25)17-6-4-8-22-11-17;1-14(2)17(21)9-15(11-26-18(22)13-25-8-7-24-3)12-27-19(23)16-5-4-6-20-10-16;1-11(2)14(18)9-13(15(19)21-3)17-16(20)22-10-12-7-5-4-6-8-12;1-9(2)14(19)6-15(10(3)16)13(7-20-11(4)17)8-21-12(5)18;1-8(2)11(15)12(5,6-16-9(3)13)7-17-10(4)14;1-8(2)12(15)5-11(6-16-9(3)13)7-17-10(4)14;1-7(2)9(11)5-4-6-12-8(3)10/h3-8,10-11,14-15H,9,12-13H2,1-2H3;4-6,10,14-15H,7-9,11-13H2,1-3H3;4-8,11,13H,9-10H2,1-3H3,(H,17,20);9,13H,6-8H2,1-5H3;8H,6-7H2,1-5H3;8,11H,5-7H2,1-4H3;7H,4-6H2,1-3H3. The molecule has 0 radical (unpaired) electrons. The van der Waals surface area contributed by atoms with Gasteiger partial charge in [-0.05, 0) is 55.3 Å². The highest BCUT2D eigenvalue weighted by atomic mass is 16.6. The van der Waals surface area contributed by atoms with Gasteiger partial charge >= 0.3 is 77.7 Å². The summed E-state index contributed by atoms with van der Waals surface area (Å²) in [7, 11) is 2.73. The van der Waals surface area contributed by atoms with Crippen LogP contribution in [0.4, 0.5) is 4.79 Å². The molecule has 3 heterocycles. The quantitative estimate of drug-likeness (QED) is 0.0244. The number of amides is 2. The second-order valence-corrected chi connectivity index (χ2v) is 34.8. The van der Waals surface area contributed by atoms with Crippen molar-refractivity contribution in [1.82, 2.24) is 25.2 Å². The van der Waals surface area contributed by atoms with Crippen molar-refractivity contribution in [3.63, 3.8) is 0 Å². The van der Waals surface area contributed by atoms with E-state index < -0.39 is 101 Å². The molecule has 4 rings (SSSR count). The molecule has 0 spiro atoms. The van der Waals surface area contributed by atoms with E-state index in [4.69, 9.17) is 61.6 Å². The Hall–Kier alpha value is -13.3. The first-order chi connectivity index (χ1) is 67.0. The molecule has 798 valence electrons. The van der Waals surface area contributed by atoms with Gasteiger partial charge in [-0.25, -0.2) is 28.8 Å². The Balaban J connectivity index is -0.00000162. The van der Waals surface area contributed by atoms with E-state index in [9.17, 15) is 101 Å². The zero-order valence-electron chi connectivity index (χ0n) is 87.3. The minimum absolute atomic E-state index is 0.00446. The first-order valence-electron chi connectivity index (χ1n) is 46.4. The third-order valence-corrected chi connectivity index (χ3v) is 19.3. The van der Waals surface area contributed by atoms with Gasteiger partial charge in [0.25, 0.3) is 0 Å². The zero-order valence-corrected chi connectivity index (χ0v) is 87.3. The summed E-state index contributed by atoms with van der Waals surface area (Å²) < 4.78 is 74.3. The number of hydrogen-bond acceptors (Lipinski definition) is 39. The predicted octanol–water partition coefficient (Wildman–Crippen LogP) is 11.3. The average Bonchev–Trinajstić information content (AvgIpc) is 0.840. The van der Waals surface area contributed by atoms with Gasteiger partial charge in [-0.3, -0.25) is 86.9 Å². The zero-order chi connectivity index (χ0) is 109. The molecule has 0 bridgehead atoms. The number of carbonyl (C=O) groups is 21. The molecule has 2 atom stereocenters. The molecule has 41 nitrogen and oxygen atoms in total. The van der Waals surface area contributed by atoms with E-state index >= 15 is 0 Å². The molecule has 3 aromatic heterocycles. The average molecular weight is 2020 g/mol. The third kappa shape index (κ3) is 69.2. The maximum Gasteiger partial charge on any atom is 0.408 e. The second-order valence-electron chi connectivity index (χ2n) is 34.8. The summed E-state index contributed by atoms with van der Waals surface area (Å²) >= 11 is 0. The molecular weight excluding hydrogens is 1870 g/mol. The van der Waals surface area contributed by atoms with Gasteiger partial charge in [-0.1, -0.05) is 127 Å². The van der Waals surface area contributed by atoms with Crippen LogP contribution in [-0.2, 0) is 159 Å². The van der Waals surface area contributed by atoms with Crippen molar-refractivity contribution in [2.24, 2.45) is 64.6 Å². The van der Waals surface area contributed by atoms with E-state index in [-0.39, 0.29) is 218 Å². The van der Waals surface area contributed by atoms with Crippen molar-refractivity contribution in [2.45, 2.75) is 216 Å². The lowest BCUT2D eigenvalue weighted by atomic mass is 9.82. The Morgan fingerprint density at radius 3 is 1.03 bits per heavy atom. The Kier molecular flexibility index (Phi) is 72.4. The summed E-state index contributed by atoms with van der Waals surface area (Å²) in [6.45, 7) is 37.3. The number of methoxy groups -OCH3 is 2. The fourth-order valence-corrected chi connectivity index (χ4v) is 10.7. The summed E-state index contributed by atoms with van der Waals surface area (Å²) in [5.41, 5.74) is 0.795. The van der Waals surface area contributed by atoms with Gasteiger partial charge in [-0.15, -0.1) is 0 Å². The number of Topliss-reactive ketones (excluding diaryl/α,β-unsaturated/α-hetero) is 7. The molecule has 41 heteroatoms. The Morgan fingerprint density at radius 2 is 0.713 bits per heavy atom. The molecule has 143 heavy (non-hydrogen) atoms.